The van der Waals surface area contributed by atoms with Gasteiger partial charge >= 0.3 is 0 Å². The van der Waals surface area contributed by atoms with E-state index in [1.54, 1.807) is 0 Å². The number of amides is 2. The van der Waals surface area contributed by atoms with Gasteiger partial charge in [0.2, 0.25) is 11.8 Å². The molecule has 26 heavy (non-hydrogen) atoms. The molecule has 1 aromatic carbocycles. The van der Waals surface area contributed by atoms with Gasteiger partial charge in [-0.1, -0.05) is 0 Å². The summed E-state index contributed by atoms with van der Waals surface area (Å²) in [6.07, 6.45) is -2.02. The number of hydrogen-bond acceptors (Lipinski definition) is 6. The molecule has 8 nitrogen and oxygen atoms in total. The molecule has 0 saturated carbocycles. The van der Waals surface area contributed by atoms with Crippen LogP contribution >= 0.6 is 0 Å². The van der Waals surface area contributed by atoms with Crippen molar-refractivity contribution in [1.29, 1.82) is 0 Å². The van der Waals surface area contributed by atoms with Gasteiger partial charge in [-0.25, -0.2) is 13.7 Å². The molecule has 3 heterocycles. The number of ether oxygens (including phenoxy) is 2. The number of carbonyl (C=O) groups excluding carboxylic acids is 2. The maximum Gasteiger partial charge on any atom is 0.275 e. The number of fused-ring (bicyclic) bond motifs is 5. The van der Waals surface area contributed by atoms with E-state index in [-0.39, 0.29) is 23.6 Å². The van der Waals surface area contributed by atoms with Crippen LogP contribution in [0.4, 0.5) is 20.2 Å². The maximum absolute atomic E-state index is 12.7. The zero-order valence-electron chi connectivity index (χ0n) is 13.3. The van der Waals surface area contributed by atoms with Crippen LogP contribution in [0.2, 0.25) is 0 Å². The Morgan fingerprint density at radius 2 is 1.81 bits per heavy atom. The summed E-state index contributed by atoms with van der Waals surface area (Å²) in [5, 5.41) is 11.1. The van der Waals surface area contributed by atoms with Crippen molar-refractivity contribution in [2.24, 2.45) is 11.8 Å². The highest BCUT2D eigenvalue weighted by molar-refractivity contribution is 6.23. The van der Waals surface area contributed by atoms with E-state index in [1.807, 2.05) is 0 Å². The van der Waals surface area contributed by atoms with Crippen LogP contribution in [0, 0.1) is 22.0 Å². The molecule has 2 bridgehead atoms. The van der Waals surface area contributed by atoms with Gasteiger partial charge in [-0.3, -0.25) is 19.7 Å². The number of hydrogen-bond donors (Lipinski definition) is 0. The minimum Gasteiger partial charge on any atom is -0.487 e. The summed E-state index contributed by atoms with van der Waals surface area (Å²) in [5.41, 5.74) is -0.504. The Morgan fingerprint density at radius 3 is 2.35 bits per heavy atom. The van der Waals surface area contributed by atoms with Crippen molar-refractivity contribution in [3.8, 4) is 5.75 Å². The molecular formula is C16H14F2N2O6. The molecule has 2 amide bonds. The standard InChI is InChI=1S/C16H14F2N2O6/c17-12(18)6-25-9-4-7(3-8(5-9)20(23)24)19-15(21)13-10-1-2-11(26-10)14(13)16(19)22/h3-5,10-14H,1-2,6H2/t10-,11-,13-,14+/m0/s1. The summed E-state index contributed by atoms with van der Waals surface area (Å²) >= 11 is 0. The van der Waals surface area contributed by atoms with Gasteiger partial charge in [0.1, 0.15) is 12.4 Å². The lowest BCUT2D eigenvalue weighted by molar-refractivity contribution is -0.384. The lowest BCUT2D eigenvalue weighted by Gasteiger charge is -2.18. The van der Waals surface area contributed by atoms with Crippen LogP contribution in [0.5, 0.6) is 5.75 Å². The molecule has 0 aliphatic carbocycles. The second-order valence-electron chi connectivity index (χ2n) is 6.50. The number of anilines is 1. The van der Waals surface area contributed by atoms with Crippen LogP contribution < -0.4 is 9.64 Å². The normalized spacial score (nSPS) is 29.6. The van der Waals surface area contributed by atoms with Gasteiger partial charge in [0.15, 0.2) is 0 Å². The van der Waals surface area contributed by atoms with Gasteiger partial charge in [0, 0.05) is 12.1 Å². The second-order valence-corrected chi connectivity index (χ2v) is 6.50. The number of nitrogens with zero attached hydrogens (tertiary/aromatic N) is 2. The van der Waals surface area contributed by atoms with Gasteiger partial charge in [0.25, 0.3) is 12.1 Å². The molecule has 1 aromatic rings. The minimum absolute atomic E-state index is 0.0488. The first-order valence-corrected chi connectivity index (χ1v) is 8.10. The van der Waals surface area contributed by atoms with Gasteiger partial charge in [-0.15, -0.1) is 0 Å². The van der Waals surface area contributed by atoms with Crippen molar-refractivity contribution in [3.05, 3.63) is 28.3 Å². The van der Waals surface area contributed by atoms with Crippen LogP contribution in [-0.4, -0.2) is 42.0 Å². The third-order valence-electron chi connectivity index (χ3n) is 5.01. The second kappa shape index (κ2) is 5.97. The average molecular weight is 368 g/mol. The smallest absolute Gasteiger partial charge is 0.275 e. The Labute approximate surface area is 145 Å². The molecule has 0 aromatic heterocycles. The molecule has 10 heteroatoms. The van der Waals surface area contributed by atoms with Crippen molar-refractivity contribution in [2.45, 2.75) is 31.5 Å². The van der Waals surface area contributed by atoms with Crippen LogP contribution in [0.15, 0.2) is 18.2 Å². The minimum atomic E-state index is -2.76. The zero-order valence-corrected chi connectivity index (χ0v) is 13.3. The van der Waals surface area contributed by atoms with E-state index < -0.39 is 47.3 Å². The molecule has 0 spiro atoms. The fourth-order valence-electron chi connectivity index (χ4n) is 4.01. The number of benzene rings is 1. The molecule has 3 aliphatic rings. The number of rotatable bonds is 5. The average Bonchev–Trinajstić information content (AvgIpc) is 3.26. The summed E-state index contributed by atoms with van der Waals surface area (Å²) < 4.78 is 35.2. The van der Waals surface area contributed by atoms with Crippen molar-refractivity contribution in [1.82, 2.24) is 0 Å². The number of alkyl halides is 2. The topological polar surface area (TPSA) is 99.0 Å². The Balaban J connectivity index is 1.69. The van der Waals surface area contributed by atoms with E-state index in [4.69, 9.17) is 9.47 Å². The summed E-state index contributed by atoms with van der Waals surface area (Å²) in [6, 6.07) is 3.23. The van der Waals surface area contributed by atoms with E-state index >= 15 is 0 Å². The Hall–Kier alpha value is -2.62. The molecular weight excluding hydrogens is 354 g/mol. The van der Waals surface area contributed by atoms with E-state index in [9.17, 15) is 28.5 Å². The Bertz CT molecular complexity index is 773. The van der Waals surface area contributed by atoms with E-state index in [0.29, 0.717) is 12.8 Å². The van der Waals surface area contributed by atoms with Crippen LogP contribution in [0.1, 0.15) is 12.8 Å². The predicted octanol–water partition coefficient (Wildman–Crippen LogP) is 1.91. The molecule has 3 saturated heterocycles. The van der Waals surface area contributed by atoms with E-state index in [2.05, 4.69) is 0 Å². The highest BCUT2D eigenvalue weighted by atomic mass is 19.3. The van der Waals surface area contributed by atoms with Crippen LogP contribution in [0.3, 0.4) is 0 Å². The molecule has 4 rings (SSSR count). The third-order valence-corrected chi connectivity index (χ3v) is 5.01. The van der Waals surface area contributed by atoms with Gasteiger partial charge in [0.05, 0.1) is 40.7 Å². The first kappa shape index (κ1) is 16.8. The van der Waals surface area contributed by atoms with Crippen molar-refractivity contribution >= 4 is 23.2 Å². The molecule has 4 atom stereocenters. The number of halogens is 2. The lowest BCUT2D eigenvalue weighted by atomic mass is 9.81. The molecule has 138 valence electrons. The molecule has 3 fully saturated rings. The van der Waals surface area contributed by atoms with Gasteiger partial charge < -0.3 is 9.47 Å². The molecule has 0 unspecified atom stereocenters. The molecule has 3 aliphatic heterocycles. The number of nitro benzene ring substituents is 1. The maximum atomic E-state index is 12.7. The number of non-ortho nitro benzene ring substituents is 1. The number of imide groups is 1. The van der Waals surface area contributed by atoms with Crippen molar-refractivity contribution in [2.75, 3.05) is 11.5 Å². The van der Waals surface area contributed by atoms with Gasteiger partial charge in [-0.2, -0.15) is 0 Å². The Morgan fingerprint density at radius 1 is 1.19 bits per heavy atom. The summed E-state index contributed by atoms with van der Waals surface area (Å²) in [6.45, 7) is -0.953. The first-order chi connectivity index (χ1) is 12.4. The fraction of sp³-hybridized carbons (Fsp3) is 0.500. The van der Waals surface area contributed by atoms with Crippen molar-refractivity contribution < 1.29 is 32.8 Å². The highest BCUT2D eigenvalue weighted by Crippen LogP contribution is 2.49. The summed E-state index contributed by atoms with van der Waals surface area (Å²) in [5.74, 6) is -2.34. The molecule has 0 radical (unpaired) electrons. The van der Waals surface area contributed by atoms with Gasteiger partial charge in [-0.05, 0) is 12.8 Å². The summed E-state index contributed by atoms with van der Waals surface area (Å²) in [7, 11) is 0. The van der Waals surface area contributed by atoms with Crippen LogP contribution in [-0.2, 0) is 14.3 Å². The first-order valence-electron chi connectivity index (χ1n) is 8.10. The number of carbonyl (C=O) groups is 2. The largest absolute Gasteiger partial charge is 0.487 e. The predicted molar refractivity (Wildman–Crippen MR) is 82.0 cm³/mol. The molecule has 0 N–H and O–H groups in total. The number of nitro groups is 1. The lowest BCUT2D eigenvalue weighted by Crippen LogP contribution is -2.34. The fourth-order valence-corrected chi connectivity index (χ4v) is 4.01. The van der Waals surface area contributed by atoms with E-state index in [1.165, 1.54) is 6.07 Å². The highest BCUT2D eigenvalue weighted by Gasteiger charge is 2.62. The SMILES string of the molecule is O=C1[C@@H]2[C@H](C(=O)N1c1cc(OCC(F)F)cc([N+](=O)[O-])c1)[C@@H]1CC[C@@H]2O1. The van der Waals surface area contributed by atoms with Crippen LogP contribution in [0.25, 0.3) is 0 Å². The third kappa shape index (κ3) is 2.52. The zero-order chi connectivity index (χ0) is 18.6. The Kier molecular flexibility index (Phi) is 3.87. The van der Waals surface area contributed by atoms with E-state index in [0.717, 1.165) is 17.0 Å². The summed E-state index contributed by atoms with van der Waals surface area (Å²) in [4.78, 5) is 36.8. The monoisotopic (exact) mass is 368 g/mol. The van der Waals surface area contributed by atoms with Crippen molar-refractivity contribution in [3.63, 3.8) is 0 Å². The quantitative estimate of drug-likeness (QED) is 0.447.